The fraction of sp³-hybridized carbons (Fsp3) is 0.727. The lowest BCUT2D eigenvalue weighted by Gasteiger charge is -2.22. The number of ether oxygens (including phenoxy) is 1. The number of esters is 1. The van der Waals surface area contributed by atoms with Gasteiger partial charge in [0, 0.05) is 18.0 Å². The number of carbonyl (C=O) groups excluding carboxylic acids is 1. The molecule has 5 heteroatoms. The van der Waals surface area contributed by atoms with E-state index in [9.17, 15) is 9.90 Å². The number of hydrogen-bond donors (Lipinski definition) is 2. The highest BCUT2D eigenvalue weighted by Crippen LogP contribution is 2.09. The van der Waals surface area contributed by atoms with Crippen molar-refractivity contribution in [3.05, 3.63) is 11.6 Å². The molecule has 0 saturated carbocycles. The maximum absolute atomic E-state index is 11.5. The molecule has 2 atom stereocenters. The van der Waals surface area contributed by atoms with Crippen molar-refractivity contribution in [1.82, 2.24) is 4.90 Å². The number of aliphatic hydroxyl groups is 1. The Kier molecular flexibility index (Phi) is 5.64. The highest BCUT2D eigenvalue weighted by molar-refractivity contribution is 5.88. The smallest absolute Gasteiger partial charge is 0.336 e. The third kappa shape index (κ3) is 5.25. The zero-order valence-electron chi connectivity index (χ0n) is 10.7. The van der Waals surface area contributed by atoms with Gasteiger partial charge in [-0.05, 0) is 27.9 Å². The summed E-state index contributed by atoms with van der Waals surface area (Å²) in [7, 11) is 3.82. The first-order valence-corrected chi connectivity index (χ1v) is 5.29. The van der Waals surface area contributed by atoms with Crippen molar-refractivity contribution < 1.29 is 14.6 Å². The minimum Gasteiger partial charge on any atom is -0.416 e. The standard InChI is InChI=1S/C11H22N2O3/c1-6-11(12,15)16-10(14)8(2)7-9(3)13(4)5/h7,9,15H,6,12H2,1-5H3/b8-7+. The number of nitrogens with two attached hydrogens (primary N) is 1. The van der Waals surface area contributed by atoms with E-state index in [1.807, 2.05) is 25.9 Å². The van der Waals surface area contributed by atoms with Gasteiger partial charge in [-0.15, -0.1) is 0 Å². The SMILES string of the molecule is CCC(N)(O)OC(=O)/C(C)=C/C(C)N(C)C. The molecule has 0 aromatic rings. The molecule has 0 saturated heterocycles. The molecule has 16 heavy (non-hydrogen) atoms. The summed E-state index contributed by atoms with van der Waals surface area (Å²) in [5.74, 6) is -2.48. The molecule has 5 nitrogen and oxygen atoms in total. The quantitative estimate of drug-likeness (QED) is 0.407. The monoisotopic (exact) mass is 230 g/mol. The molecule has 2 unspecified atom stereocenters. The van der Waals surface area contributed by atoms with E-state index in [0.29, 0.717) is 5.57 Å². The first-order chi connectivity index (χ1) is 7.19. The van der Waals surface area contributed by atoms with Gasteiger partial charge in [0.05, 0.1) is 0 Å². The highest BCUT2D eigenvalue weighted by Gasteiger charge is 2.24. The summed E-state index contributed by atoms with van der Waals surface area (Å²) in [6, 6.07) is 0.111. The molecule has 0 aromatic carbocycles. The first kappa shape index (κ1) is 15.1. The number of rotatable bonds is 5. The summed E-state index contributed by atoms with van der Waals surface area (Å²) in [6.45, 7) is 5.22. The summed E-state index contributed by atoms with van der Waals surface area (Å²) in [5, 5.41) is 9.38. The summed E-state index contributed by atoms with van der Waals surface area (Å²) >= 11 is 0. The van der Waals surface area contributed by atoms with Crippen LogP contribution in [0, 0.1) is 0 Å². The molecule has 0 radical (unpaired) electrons. The molecule has 0 aliphatic heterocycles. The van der Waals surface area contributed by atoms with Gasteiger partial charge >= 0.3 is 5.97 Å². The molecule has 0 spiro atoms. The predicted molar refractivity (Wildman–Crippen MR) is 62.4 cm³/mol. The Balaban J connectivity index is 4.51. The van der Waals surface area contributed by atoms with E-state index < -0.39 is 11.9 Å². The van der Waals surface area contributed by atoms with Crippen LogP contribution in [0.1, 0.15) is 27.2 Å². The third-order valence-electron chi connectivity index (χ3n) is 2.40. The molecule has 0 amide bonds. The van der Waals surface area contributed by atoms with Crippen LogP contribution >= 0.6 is 0 Å². The van der Waals surface area contributed by atoms with E-state index in [1.165, 1.54) is 0 Å². The summed E-state index contributed by atoms with van der Waals surface area (Å²) in [4.78, 5) is 13.5. The lowest BCUT2D eigenvalue weighted by molar-refractivity contribution is -0.203. The number of nitrogens with zero attached hydrogens (tertiary/aromatic N) is 1. The molecule has 0 fully saturated rings. The van der Waals surface area contributed by atoms with Crippen LogP contribution in [0.4, 0.5) is 0 Å². The summed E-state index contributed by atoms with van der Waals surface area (Å²) < 4.78 is 4.74. The molecule has 0 bridgehead atoms. The van der Waals surface area contributed by atoms with Gasteiger partial charge in [-0.3, -0.25) is 5.73 Å². The van der Waals surface area contributed by atoms with Gasteiger partial charge in [-0.2, -0.15) is 0 Å². The minimum absolute atomic E-state index is 0.111. The van der Waals surface area contributed by atoms with E-state index in [1.54, 1.807) is 19.9 Å². The van der Waals surface area contributed by atoms with Crippen LogP contribution < -0.4 is 5.73 Å². The molecule has 3 N–H and O–H groups in total. The van der Waals surface area contributed by atoms with Crippen molar-refractivity contribution in [3.8, 4) is 0 Å². The maximum atomic E-state index is 11.5. The van der Waals surface area contributed by atoms with Crippen molar-refractivity contribution >= 4 is 5.97 Å². The van der Waals surface area contributed by atoms with E-state index in [0.717, 1.165) is 0 Å². The normalized spacial score (nSPS) is 18.1. The van der Waals surface area contributed by atoms with E-state index >= 15 is 0 Å². The van der Waals surface area contributed by atoms with Gasteiger partial charge in [-0.25, -0.2) is 4.79 Å². The summed E-state index contributed by atoms with van der Waals surface area (Å²) in [6.07, 6.45) is 1.91. The Hall–Kier alpha value is -0.910. The molecule has 0 aliphatic rings. The third-order valence-corrected chi connectivity index (χ3v) is 2.40. The van der Waals surface area contributed by atoms with Crippen molar-refractivity contribution in [1.29, 1.82) is 0 Å². The number of likely N-dealkylation sites (N-methyl/N-ethyl adjacent to an activating group) is 1. The highest BCUT2D eigenvalue weighted by atomic mass is 16.7. The molecule has 94 valence electrons. The lowest BCUT2D eigenvalue weighted by Crippen LogP contribution is -2.43. The van der Waals surface area contributed by atoms with Gasteiger partial charge in [0.25, 0.3) is 5.91 Å². The van der Waals surface area contributed by atoms with Crippen LogP contribution in [0.25, 0.3) is 0 Å². The lowest BCUT2D eigenvalue weighted by atomic mass is 10.2. The average molecular weight is 230 g/mol. The van der Waals surface area contributed by atoms with Crippen LogP contribution in [0.15, 0.2) is 11.6 Å². The molecule has 0 aliphatic carbocycles. The van der Waals surface area contributed by atoms with Crippen molar-refractivity contribution in [2.75, 3.05) is 14.1 Å². The Morgan fingerprint density at radius 2 is 2.12 bits per heavy atom. The minimum atomic E-state index is -1.88. The Morgan fingerprint density at radius 3 is 2.50 bits per heavy atom. The van der Waals surface area contributed by atoms with Gasteiger partial charge in [0.1, 0.15) is 0 Å². The second-order valence-electron chi connectivity index (χ2n) is 4.14. The zero-order valence-corrected chi connectivity index (χ0v) is 10.7. The van der Waals surface area contributed by atoms with Crippen molar-refractivity contribution in [2.24, 2.45) is 5.73 Å². The predicted octanol–water partition coefficient (Wildman–Crippen LogP) is 0.441. The van der Waals surface area contributed by atoms with Gasteiger partial charge in [0.2, 0.25) is 0 Å². The topological polar surface area (TPSA) is 75.8 Å². The van der Waals surface area contributed by atoms with Crippen LogP contribution in [0.2, 0.25) is 0 Å². The first-order valence-electron chi connectivity index (χ1n) is 5.29. The Labute approximate surface area is 96.9 Å². The molecular formula is C11H22N2O3. The fourth-order valence-electron chi connectivity index (χ4n) is 0.892. The Morgan fingerprint density at radius 1 is 1.62 bits per heavy atom. The van der Waals surface area contributed by atoms with Crippen molar-refractivity contribution in [3.63, 3.8) is 0 Å². The van der Waals surface area contributed by atoms with Crippen LogP contribution in [-0.4, -0.2) is 42.0 Å². The number of carbonyl (C=O) groups is 1. The fourth-order valence-corrected chi connectivity index (χ4v) is 0.892. The van der Waals surface area contributed by atoms with Gasteiger partial charge in [-0.1, -0.05) is 13.0 Å². The van der Waals surface area contributed by atoms with Crippen molar-refractivity contribution in [2.45, 2.75) is 39.1 Å². The molecule has 0 rings (SSSR count). The van der Waals surface area contributed by atoms with Gasteiger partial charge < -0.3 is 14.7 Å². The maximum Gasteiger partial charge on any atom is 0.336 e. The largest absolute Gasteiger partial charge is 0.416 e. The van der Waals surface area contributed by atoms with E-state index in [2.05, 4.69) is 0 Å². The Bertz CT molecular complexity index is 272. The average Bonchev–Trinajstić information content (AvgIpc) is 2.16. The second-order valence-corrected chi connectivity index (χ2v) is 4.14. The van der Waals surface area contributed by atoms with E-state index in [4.69, 9.17) is 10.5 Å². The van der Waals surface area contributed by atoms with Crippen LogP contribution in [-0.2, 0) is 9.53 Å². The van der Waals surface area contributed by atoms with E-state index in [-0.39, 0.29) is 12.5 Å². The van der Waals surface area contributed by atoms with Gasteiger partial charge in [0.15, 0.2) is 0 Å². The van der Waals surface area contributed by atoms with Crippen LogP contribution in [0.5, 0.6) is 0 Å². The molecule has 0 aromatic heterocycles. The molecular weight excluding hydrogens is 208 g/mol. The second kappa shape index (κ2) is 5.98. The summed E-state index contributed by atoms with van der Waals surface area (Å²) in [5.41, 5.74) is 5.75. The number of hydrogen-bond acceptors (Lipinski definition) is 5. The van der Waals surface area contributed by atoms with Crippen LogP contribution in [0.3, 0.4) is 0 Å². The molecule has 0 heterocycles. The zero-order chi connectivity index (χ0) is 12.9.